The summed E-state index contributed by atoms with van der Waals surface area (Å²) >= 11 is 6.44. The molecule has 0 saturated carbocycles. The Labute approximate surface area is 211 Å². The molecule has 8 heteroatoms. The molecule has 1 N–H and O–H groups in total. The number of aryl methyl sites for hydroxylation is 3. The Morgan fingerprint density at radius 3 is 2.37 bits per heavy atom. The highest BCUT2D eigenvalue weighted by Gasteiger charge is 2.27. The lowest BCUT2D eigenvalue weighted by molar-refractivity contribution is 0.0972. The van der Waals surface area contributed by atoms with Gasteiger partial charge >= 0.3 is 0 Å². The van der Waals surface area contributed by atoms with Gasteiger partial charge in [-0.1, -0.05) is 79.0 Å². The maximum Gasteiger partial charge on any atom is 0.284 e. The first kappa shape index (κ1) is 24.9. The fourth-order valence-corrected chi connectivity index (χ4v) is 5.38. The number of imidazole rings is 1. The summed E-state index contributed by atoms with van der Waals surface area (Å²) in [5, 5.41) is 2.18. The molecule has 0 unspecified atom stereocenters. The molecule has 1 heterocycles. The molecule has 35 heavy (non-hydrogen) atoms. The quantitative estimate of drug-likeness (QED) is 0.324. The fourth-order valence-electron chi connectivity index (χ4n) is 4.15. The summed E-state index contributed by atoms with van der Waals surface area (Å²) in [4.78, 5) is 17.8. The minimum atomic E-state index is -4.08. The van der Waals surface area contributed by atoms with Crippen molar-refractivity contribution in [3.8, 4) is 0 Å². The third-order valence-corrected chi connectivity index (χ3v) is 7.70. The number of aromatic nitrogens is 2. The number of fused-ring (bicyclic) bond motifs is 1. The number of sulfonamides is 1. The summed E-state index contributed by atoms with van der Waals surface area (Å²) in [7, 11) is -4.08. The number of halogens is 1. The van der Waals surface area contributed by atoms with E-state index in [0.29, 0.717) is 18.8 Å². The molecule has 0 aliphatic rings. The van der Waals surface area contributed by atoms with E-state index in [1.165, 1.54) is 12.1 Å². The zero-order valence-electron chi connectivity index (χ0n) is 20.0. The Morgan fingerprint density at radius 2 is 1.69 bits per heavy atom. The summed E-state index contributed by atoms with van der Waals surface area (Å²) in [6.07, 6.45) is 2.43. The zero-order valence-corrected chi connectivity index (χ0v) is 21.6. The third kappa shape index (κ3) is 5.26. The van der Waals surface area contributed by atoms with Gasteiger partial charge in [0.2, 0.25) is 0 Å². The van der Waals surface area contributed by atoms with Gasteiger partial charge in [-0.05, 0) is 54.3 Å². The van der Waals surface area contributed by atoms with Gasteiger partial charge in [0, 0.05) is 6.42 Å². The average Bonchev–Trinajstić information content (AvgIpc) is 3.14. The zero-order chi connectivity index (χ0) is 25.2. The van der Waals surface area contributed by atoms with Crippen molar-refractivity contribution < 1.29 is 13.2 Å². The van der Waals surface area contributed by atoms with Crippen LogP contribution in [0, 0.1) is 13.8 Å². The highest BCUT2D eigenvalue weighted by Crippen LogP contribution is 2.27. The van der Waals surface area contributed by atoms with Crippen LogP contribution in [0.25, 0.3) is 10.8 Å². The van der Waals surface area contributed by atoms with Gasteiger partial charge in [-0.25, -0.2) is 18.1 Å². The first-order chi connectivity index (χ1) is 16.7. The van der Waals surface area contributed by atoms with Crippen LogP contribution in [0.2, 0.25) is 5.15 Å². The minimum Gasteiger partial charge on any atom is -0.318 e. The predicted molar refractivity (Wildman–Crippen MR) is 139 cm³/mol. The number of benzene rings is 3. The van der Waals surface area contributed by atoms with Crippen molar-refractivity contribution in [2.45, 2.75) is 51.5 Å². The summed E-state index contributed by atoms with van der Waals surface area (Å²) in [6.45, 7) is 6.33. The fraction of sp³-hybridized carbons (Fsp3) is 0.259. The second kappa shape index (κ2) is 10.2. The normalized spacial score (nSPS) is 11.7. The van der Waals surface area contributed by atoms with Crippen LogP contribution in [-0.2, 0) is 23.0 Å². The van der Waals surface area contributed by atoms with Gasteiger partial charge in [-0.3, -0.25) is 4.79 Å². The van der Waals surface area contributed by atoms with E-state index in [4.69, 9.17) is 11.6 Å². The van der Waals surface area contributed by atoms with Gasteiger partial charge in [0.1, 0.15) is 11.5 Å². The highest BCUT2D eigenvalue weighted by molar-refractivity contribution is 7.90. The number of carbonyl (C=O) groups is 1. The topological polar surface area (TPSA) is 81.1 Å². The summed E-state index contributed by atoms with van der Waals surface area (Å²) in [6, 6.07) is 18.5. The molecule has 1 amide bonds. The molecule has 0 bridgehead atoms. The van der Waals surface area contributed by atoms with E-state index >= 15 is 0 Å². The number of carbonyl (C=O) groups excluding carboxylic acids is 1. The molecule has 0 saturated heterocycles. The Hall–Kier alpha value is -3.16. The monoisotopic (exact) mass is 509 g/mol. The van der Waals surface area contributed by atoms with Crippen molar-refractivity contribution in [3.63, 3.8) is 0 Å². The van der Waals surface area contributed by atoms with Crippen LogP contribution < -0.4 is 4.72 Å². The lowest BCUT2D eigenvalue weighted by Crippen LogP contribution is -2.32. The molecule has 6 nitrogen and oxygen atoms in total. The van der Waals surface area contributed by atoms with Crippen LogP contribution in [0.4, 0.5) is 0 Å². The minimum absolute atomic E-state index is 0.00868. The lowest BCUT2D eigenvalue weighted by atomic mass is 10.00. The number of hydrogen-bond acceptors (Lipinski definition) is 4. The lowest BCUT2D eigenvalue weighted by Gasteiger charge is -2.15. The van der Waals surface area contributed by atoms with Crippen LogP contribution >= 0.6 is 11.6 Å². The van der Waals surface area contributed by atoms with Crippen LogP contribution in [0.1, 0.15) is 52.8 Å². The molecular weight excluding hydrogens is 482 g/mol. The molecule has 3 aromatic carbocycles. The van der Waals surface area contributed by atoms with Crippen molar-refractivity contribution in [1.82, 2.24) is 14.3 Å². The van der Waals surface area contributed by atoms with Gasteiger partial charge in [0.05, 0.1) is 11.4 Å². The summed E-state index contributed by atoms with van der Waals surface area (Å²) in [5.41, 5.74) is 3.11. The molecule has 0 fully saturated rings. The first-order valence-electron chi connectivity index (χ1n) is 11.6. The molecule has 182 valence electrons. The average molecular weight is 510 g/mol. The molecule has 1 aromatic heterocycles. The number of rotatable bonds is 8. The number of nitrogens with one attached hydrogen (secondary N) is 1. The van der Waals surface area contributed by atoms with E-state index in [1.807, 2.05) is 37.3 Å². The molecule has 0 radical (unpaired) electrons. The molecule has 0 aliphatic heterocycles. The number of unbranched alkanes of at least 4 members (excludes halogenated alkanes) is 1. The third-order valence-electron chi connectivity index (χ3n) is 6.09. The van der Waals surface area contributed by atoms with Crippen molar-refractivity contribution in [1.29, 1.82) is 0 Å². The molecule has 4 aromatic rings. The standard InChI is InChI=1S/C27H28ClN3O3S/c1-4-5-10-24-29-26(28)25(27(32)30-35(33,34)21-15-11-18(2)12-16-21)31(24)17-20-14-13-19(3)22-8-6-7-9-23(20)22/h6-9,11-16H,4-5,10,17H2,1-3H3,(H,30,32). The van der Waals surface area contributed by atoms with Crippen LogP contribution in [0.15, 0.2) is 65.6 Å². The second-order valence-corrected chi connectivity index (χ2v) is 10.7. The molecule has 4 rings (SSSR count). The maximum absolute atomic E-state index is 13.3. The summed E-state index contributed by atoms with van der Waals surface area (Å²) < 4.78 is 29.7. The van der Waals surface area contributed by atoms with E-state index in [9.17, 15) is 13.2 Å². The van der Waals surface area contributed by atoms with Gasteiger partial charge in [-0.2, -0.15) is 0 Å². The summed E-state index contributed by atoms with van der Waals surface area (Å²) in [5.74, 6) is -0.151. The molecule has 0 spiro atoms. The van der Waals surface area contributed by atoms with Crippen molar-refractivity contribution in [3.05, 3.63) is 94.0 Å². The Morgan fingerprint density at radius 1 is 1.00 bits per heavy atom. The molecular formula is C27H28ClN3O3S. The van der Waals surface area contributed by atoms with Crippen molar-refractivity contribution in [2.24, 2.45) is 0 Å². The first-order valence-corrected chi connectivity index (χ1v) is 13.4. The van der Waals surface area contributed by atoms with E-state index in [1.54, 1.807) is 16.7 Å². The maximum atomic E-state index is 13.3. The Bertz CT molecular complexity index is 1490. The van der Waals surface area contributed by atoms with Gasteiger partial charge in [0.25, 0.3) is 15.9 Å². The Kier molecular flexibility index (Phi) is 7.28. The van der Waals surface area contributed by atoms with E-state index in [0.717, 1.165) is 40.3 Å². The van der Waals surface area contributed by atoms with Gasteiger partial charge in [0.15, 0.2) is 5.15 Å². The number of amides is 1. The smallest absolute Gasteiger partial charge is 0.284 e. The van der Waals surface area contributed by atoms with E-state index in [-0.39, 0.29) is 15.7 Å². The van der Waals surface area contributed by atoms with E-state index in [2.05, 4.69) is 29.6 Å². The van der Waals surface area contributed by atoms with E-state index < -0.39 is 15.9 Å². The van der Waals surface area contributed by atoms with Crippen molar-refractivity contribution in [2.75, 3.05) is 0 Å². The van der Waals surface area contributed by atoms with Crippen LogP contribution in [0.5, 0.6) is 0 Å². The second-order valence-electron chi connectivity index (χ2n) is 8.69. The number of hydrogen-bond donors (Lipinski definition) is 1. The SMILES string of the molecule is CCCCc1nc(Cl)c(C(=O)NS(=O)(=O)c2ccc(C)cc2)n1Cc1ccc(C)c2ccccc12. The Balaban J connectivity index is 1.76. The van der Waals surface area contributed by atoms with Gasteiger partial charge in [-0.15, -0.1) is 0 Å². The highest BCUT2D eigenvalue weighted by atomic mass is 35.5. The van der Waals surface area contributed by atoms with Crippen LogP contribution in [-0.4, -0.2) is 23.9 Å². The van der Waals surface area contributed by atoms with Crippen LogP contribution in [0.3, 0.4) is 0 Å². The van der Waals surface area contributed by atoms with Gasteiger partial charge < -0.3 is 4.57 Å². The molecule has 0 aliphatic carbocycles. The number of nitrogens with zero attached hydrogens (tertiary/aromatic N) is 2. The molecule has 0 atom stereocenters. The predicted octanol–water partition coefficient (Wildman–Crippen LogP) is 5.82. The largest absolute Gasteiger partial charge is 0.318 e. The van der Waals surface area contributed by atoms with Crippen molar-refractivity contribution >= 4 is 38.3 Å².